The molecule has 1 aliphatic heterocycles. The molecule has 1 amide bonds. The molecule has 29 heavy (non-hydrogen) atoms. The quantitative estimate of drug-likeness (QED) is 0.711. The predicted octanol–water partition coefficient (Wildman–Crippen LogP) is 2.22. The molecule has 0 aliphatic carbocycles. The zero-order chi connectivity index (χ0) is 20.9. The number of amides is 1. The first-order chi connectivity index (χ1) is 14.0. The van der Waals surface area contributed by atoms with E-state index in [9.17, 15) is 13.2 Å². The Labute approximate surface area is 171 Å². The minimum atomic E-state index is -3.83. The third kappa shape index (κ3) is 4.71. The van der Waals surface area contributed by atoms with Crippen molar-refractivity contribution in [1.82, 2.24) is 9.62 Å². The van der Waals surface area contributed by atoms with Gasteiger partial charge in [-0.05, 0) is 37.0 Å². The molecule has 156 valence electrons. The van der Waals surface area contributed by atoms with E-state index in [-0.39, 0.29) is 10.8 Å². The van der Waals surface area contributed by atoms with Crippen LogP contribution in [0.1, 0.15) is 18.4 Å². The Balaban J connectivity index is 1.71. The minimum absolute atomic E-state index is 0.0825. The SMILES string of the molecule is COc1ccc(S(=O)(=O)N2CCCC2C(=O)NCCc2ccccc2)cc1OC. The summed E-state index contributed by atoms with van der Waals surface area (Å²) in [6, 6.07) is 13.6. The van der Waals surface area contributed by atoms with E-state index < -0.39 is 16.1 Å². The number of sulfonamides is 1. The highest BCUT2D eigenvalue weighted by Gasteiger charge is 2.39. The Morgan fingerprint density at radius 1 is 1.10 bits per heavy atom. The van der Waals surface area contributed by atoms with Crippen LogP contribution in [0.2, 0.25) is 0 Å². The predicted molar refractivity (Wildman–Crippen MR) is 110 cm³/mol. The second-order valence-corrected chi connectivity index (χ2v) is 8.71. The number of hydrogen-bond acceptors (Lipinski definition) is 5. The smallest absolute Gasteiger partial charge is 0.243 e. The first-order valence-corrected chi connectivity index (χ1v) is 11.0. The molecule has 2 aromatic carbocycles. The van der Waals surface area contributed by atoms with Crippen molar-refractivity contribution in [3.63, 3.8) is 0 Å². The number of nitrogens with zero attached hydrogens (tertiary/aromatic N) is 1. The Morgan fingerprint density at radius 3 is 2.52 bits per heavy atom. The van der Waals surface area contributed by atoms with Crippen molar-refractivity contribution in [2.24, 2.45) is 0 Å². The molecular formula is C21H26N2O5S. The second kappa shape index (κ2) is 9.28. The molecule has 1 unspecified atom stereocenters. The molecule has 7 nitrogen and oxygen atoms in total. The van der Waals surface area contributed by atoms with Crippen molar-refractivity contribution in [3.05, 3.63) is 54.1 Å². The van der Waals surface area contributed by atoms with Crippen LogP contribution in [0.5, 0.6) is 11.5 Å². The molecule has 0 saturated carbocycles. The first-order valence-electron chi connectivity index (χ1n) is 9.53. The largest absolute Gasteiger partial charge is 0.493 e. The Bertz CT molecular complexity index is 947. The lowest BCUT2D eigenvalue weighted by Crippen LogP contribution is -2.46. The molecule has 0 bridgehead atoms. The van der Waals surface area contributed by atoms with E-state index in [1.807, 2.05) is 30.3 Å². The Morgan fingerprint density at radius 2 is 1.83 bits per heavy atom. The highest BCUT2D eigenvalue weighted by atomic mass is 32.2. The molecule has 1 saturated heterocycles. The van der Waals surface area contributed by atoms with Crippen molar-refractivity contribution in [1.29, 1.82) is 0 Å². The van der Waals surface area contributed by atoms with Gasteiger partial charge in [0.1, 0.15) is 6.04 Å². The number of ether oxygens (including phenoxy) is 2. The highest BCUT2D eigenvalue weighted by Crippen LogP contribution is 2.33. The van der Waals surface area contributed by atoms with Crippen molar-refractivity contribution in [3.8, 4) is 11.5 Å². The maximum atomic E-state index is 13.2. The van der Waals surface area contributed by atoms with E-state index in [2.05, 4.69) is 5.32 Å². The van der Waals surface area contributed by atoms with E-state index in [4.69, 9.17) is 9.47 Å². The molecule has 0 radical (unpaired) electrons. The molecular weight excluding hydrogens is 392 g/mol. The fraction of sp³-hybridized carbons (Fsp3) is 0.381. The van der Waals surface area contributed by atoms with Gasteiger partial charge in [-0.25, -0.2) is 8.42 Å². The summed E-state index contributed by atoms with van der Waals surface area (Å²) >= 11 is 0. The number of benzene rings is 2. The summed E-state index contributed by atoms with van der Waals surface area (Å²) in [6.07, 6.45) is 1.84. The normalized spacial score (nSPS) is 17.1. The van der Waals surface area contributed by atoms with Gasteiger partial charge in [0.15, 0.2) is 11.5 Å². The maximum absolute atomic E-state index is 13.2. The van der Waals surface area contributed by atoms with E-state index >= 15 is 0 Å². The average molecular weight is 419 g/mol. The number of methoxy groups -OCH3 is 2. The fourth-order valence-electron chi connectivity index (χ4n) is 3.49. The van der Waals surface area contributed by atoms with Gasteiger partial charge in [0.25, 0.3) is 0 Å². The van der Waals surface area contributed by atoms with Crippen LogP contribution < -0.4 is 14.8 Å². The molecule has 2 aromatic rings. The topological polar surface area (TPSA) is 84.9 Å². The van der Waals surface area contributed by atoms with Crippen LogP contribution in [0.15, 0.2) is 53.4 Å². The van der Waals surface area contributed by atoms with Gasteiger partial charge in [0.05, 0.1) is 19.1 Å². The van der Waals surface area contributed by atoms with E-state index in [0.29, 0.717) is 43.9 Å². The molecule has 0 aromatic heterocycles. The third-order valence-electron chi connectivity index (χ3n) is 5.02. The summed E-state index contributed by atoms with van der Waals surface area (Å²) < 4.78 is 38.0. The minimum Gasteiger partial charge on any atom is -0.493 e. The molecule has 0 spiro atoms. The fourth-order valence-corrected chi connectivity index (χ4v) is 5.17. The van der Waals surface area contributed by atoms with Gasteiger partial charge in [-0.1, -0.05) is 30.3 Å². The van der Waals surface area contributed by atoms with Crippen molar-refractivity contribution in [2.75, 3.05) is 27.3 Å². The van der Waals surface area contributed by atoms with Gasteiger partial charge in [-0.2, -0.15) is 4.31 Å². The summed E-state index contributed by atoms with van der Waals surface area (Å²) in [4.78, 5) is 12.8. The van der Waals surface area contributed by atoms with E-state index in [0.717, 1.165) is 5.56 Å². The van der Waals surface area contributed by atoms with Crippen molar-refractivity contribution in [2.45, 2.75) is 30.2 Å². The monoisotopic (exact) mass is 418 g/mol. The van der Waals surface area contributed by atoms with E-state index in [1.54, 1.807) is 6.07 Å². The van der Waals surface area contributed by atoms with Gasteiger partial charge < -0.3 is 14.8 Å². The first kappa shape index (κ1) is 21.1. The third-order valence-corrected chi connectivity index (χ3v) is 6.93. The molecule has 1 N–H and O–H groups in total. The molecule has 8 heteroatoms. The zero-order valence-corrected chi connectivity index (χ0v) is 17.4. The standard InChI is InChI=1S/C21H26N2O5S/c1-27-19-11-10-17(15-20(19)28-2)29(25,26)23-14-6-9-18(23)21(24)22-13-12-16-7-4-3-5-8-16/h3-5,7-8,10-11,15,18H,6,9,12-14H2,1-2H3,(H,22,24). The summed E-state index contributed by atoms with van der Waals surface area (Å²) in [5, 5.41) is 2.88. The lowest BCUT2D eigenvalue weighted by molar-refractivity contribution is -0.124. The van der Waals surface area contributed by atoms with Gasteiger partial charge in [0.2, 0.25) is 15.9 Å². The number of carbonyl (C=O) groups excluding carboxylic acids is 1. The lowest BCUT2D eigenvalue weighted by atomic mass is 10.1. The molecule has 1 fully saturated rings. The number of rotatable bonds is 8. The van der Waals surface area contributed by atoms with Gasteiger partial charge in [-0.15, -0.1) is 0 Å². The molecule has 3 rings (SSSR count). The number of carbonyl (C=O) groups is 1. The highest BCUT2D eigenvalue weighted by molar-refractivity contribution is 7.89. The van der Waals surface area contributed by atoms with Crippen LogP contribution in [0.25, 0.3) is 0 Å². The van der Waals surface area contributed by atoms with Gasteiger partial charge >= 0.3 is 0 Å². The molecule has 1 aliphatic rings. The van der Waals surface area contributed by atoms with Gasteiger partial charge in [0, 0.05) is 19.2 Å². The molecule has 1 heterocycles. The van der Waals surface area contributed by atoms with Crippen LogP contribution in [-0.4, -0.2) is 52.0 Å². The van der Waals surface area contributed by atoms with Crippen LogP contribution >= 0.6 is 0 Å². The summed E-state index contributed by atoms with van der Waals surface area (Å²) in [6.45, 7) is 0.775. The van der Waals surface area contributed by atoms with Crippen molar-refractivity contribution >= 4 is 15.9 Å². The Hall–Kier alpha value is -2.58. The maximum Gasteiger partial charge on any atom is 0.243 e. The number of nitrogens with one attached hydrogen (secondary N) is 1. The van der Waals surface area contributed by atoms with Crippen LogP contribution in [-0.2, 0) is 21.2 Å². The van der Waals surface area contributed by atoms with Crippen molar-refractivity contribution < 1.29 is 22.7 Å². The van der Waals surface area contributed by atoms with Crippen LogP contribution in [0, 0.1) is 0 Å². The lowest BCUT2D eigenvalue weighted by Gasteiger charge is -2.24. The second-order valence-electron chi connectivity index (χ2n) is 6.82. The number of hydrogen-bond donors (Lipinski definition) is 1. The summed E-state index contributed by atoms with van der Waals surface area (Å²) in [7, 11) is -0.891. The average Bonchev–Trinajstić information content (AvgIpc) is 3.25. The molecule has 1 atom stereocenters. The van der Waals surface area contributed by atoms with E-state index in [1.165, 1.54) is 30.7 Å². The summed E-state index contributed by atoms with van der Waals surface area (Å²) in [5.41, 5.74) is 1.12. The van der Waals surface area contributed by atoms with Crippen LogP contribution in [0.4, 0.5) is 0 Å². The van der Waals surface area contributed by atoms with Gasteiger partial charge in [-0.3, -0.25) is 4.79 Å². The van der Waals surface area contributed by atoms with Crippen LogP contribution in [0.3, 0.4) is 0 Å². The zero-order valence-electron chi connectivity index (χ0n) is 16.6. The summed E-state index contributed by atoms with van der Waals surface area (Å²) in [5.74, 6) is 0.516. The Kier molecular flexibility index (Phi) is 6.76.